The summed E-state index contributed by atoms with van der Waals surface area (Å²) < 4.78 is 1.98. The fourth-order valence-electron chi connectivity index (χ4n) is 2.53. The van der Waals surface area contributed by atoms with Crippen LogP contribution in [0.15, 0.2) is 18.7 Å². The van der Waals surface area contributed by atoms with Gasteiger partial charge in [0.05, 0.1) is 12.9 Å². The number of carbonyl (C=O) groups is 2. The second kappa shape index (κ2) is 5.03. The van der Waals surface area contributed by atoms with Gasteiger partial charge in [0.25, 0.3) is 0 Å². The Bertz CT molecular complexity index is 467. The molecule has 0 bridgehead atoms. The third-order valence-electron chi connectivity index (χ3n) is 3.73. The van der Waals surface area contributed by atoms with E-state index in [0.29, 0.717) is 12.5 Å². The molecule has 2 aliphatic rings. The average Bonchev–Trinajstić information content (AvgIpc) is 3.10. The van der Waals surface area contributed by atoms with E-state index in [9.17, 15) is 9.59 Å². The van der Waals surface area contributed by atoms with Crippen LogP contribution in [0.3, 0.4) is 0 Å². The van der Waals surface area contributed by atoms with E-state index in [2.05, 4.69) is 10.3 Å². The second-order valence-corrected chi connectivity index (χ2v) is 5.30. The molecule has 1 aromatic rings. The van der Waals surface area contributed by atoms with Gasteiger partial charge in [0.2, 0.25) is 11.8 Å². The molecule has 1 unspecified atom stereocenters. The van der Waals surface area contributed by atoms with E-state index >= 15 is 0 Å². The summed E-state index contributed by atoms with van der Waals surface area (Å²) in [5, 5.41) is 2.82. The van der Waals surface area contributed by atoms with Crippen LogP contribution in [0.1, 0.15) is 19.3 Å². The van der Waals surface area contributed by atoms with Crippen molar-refractivity contribution in [2.75, 3.05) is 13.1 Å². The fraction of sp³-hybridized carbons (Fsp3) is 0.615. The van der Waals surface area contributed by atoms with Crippen molar-refractivity contribution < 1.29 is 9.59 Å². The highest BCUT2D eigenvalue weighted by Gasteiger charge is 2.42. The largest absolute Gasteiger partial charge is 0.342 e. The normalized spacial score (nSPS) is 23.6. The quantitative estimate of drug-likeness (QED) is 0.813. The molecule has 0 spiro atoms. The van der Waals surface area contributed by atoms with Crippen LogP contribution in [0.4, 0.5) is 0 Å². The maximum atomic E-state index is 12.2. The van der Waals surface area contributed by atoms with Gasteiger partial charge in [-0.05, 0) is 25.2 Å². The van der Waals surface area contributed by atoms with Gasteiger partial charge in [0.15, 0.2) is 0 Å². The molecular formula is C13H18N4O2. The lowest BCUT2D eigenvalue weighted by Gasteiger charge is -2.32. The molecule has 3 rings (SSSR count). The van der Waals surface area contributed by atoms with Crippen LogP contribution in [-0.2, 0) is 16.1 Å². The van der Waals surface area contributed by atoms with Gasteiger partial charge in [-0.2, -0.15) is 0 Å². The molecule has 1 saturated heterocycles. The summed E-state index contributed by atoms with van der Waals surface area (Å²) in [6.45, 7) is 1.65. The van der Waals surface area contributed by atoms with E-state index in [1.165, 1.54) is 0 Å². The van der Waals surface area contributed by atoms with Crippen LogP contribution in [0.25, 0.3) is 0 Å². The third kappa shape index (κ3) is 2.77. The van der Waals surface area contributed by atoms with Crippen molar-refractivity contribution in [3.63, 3.8) is 0 Å². The lowest BCUT2D eigenvalue weighted by atomic mass is 10.1. The van der Waals surface area contributed by atoms with E-state index in [4.69, 9.17) is 0 Å². The van der Waals surface area contributed by atoms with Gasteiger partial charge in [-0.3, -0.25) is 9.59 Å². The van der Waals surface area contributed by atoms with Crippen LogP contribution >= 0.6 is 0 Å². The predicted octanol–water partition coefficient (Wildman–Crippen LogP) is 0.0102. The minimum atomic E-state index is -0.269. The lowest BCUT2D eigenvalue weighted by Crippen LogP contribution is -2.59. The standard InChI is InChI=1S/C13H18N4O2/c18-11-8-17(6-1-5-16-7-4-14-9-16)13(19)12(15-11)10-2-3-10/h4,7,9-10,12H,1-3,5-6,8H2,(H,15,18). The maximum Gasteiger partial charge on any atom is 0.245 e. The number of carbonyl (C=O) groups excluding carboxylic acids is 2. The number of imidazole rings is 1. The van der Waals surface area contributed by atoms with Crippen LogP contribution in [0, 0.1) is 5.92 Å². The SMILES string of the molecule is O=C1CN(CCCn2ccnc2)C(=O)C(C2CC2)N1. The molecule has 1 aliphatic carbocycles. The van der Waals surface area contributed by atoms with Gasteiger partial charge in [-0.25, -0.2) is 4.98 Å². The van der Waals surface area contributed by atoms with Crippen LogP contribution in [0.2, 0.25) is 0 Å². The van der Waals surface area contributed by atoms with Crippen molar-refractivity contribution in [2.24, 2.45) is 5.92 Å². The van der Waals surface area contributed by atoms with Crippen LogP contribution in [-0.4, -0.2) is 45.4 Å². The zero-order valence-corrected chi connectivity index (χ0v) is 10.8. The molecule has 0 radical (unpaired) electrons. The van der Waals surface area contributed by atoms with Gasteiger partial charge in [-0.15, -0.1) is 0 Å². The summed E-state index contributed by atoms with van der Waals surface area (Å²) >= 11 is 0. The van der Waals surface area contributed by atoms with Crippen molar-refractivity contribution in [2.45, 2.75) is 31.8 Å². The molecule has 2 fully saturated rings. The van der Waals surface area contributed by atoms with Crippen molar-refractivity contribution in [3.05, 3.63) is 18.7 Å². The number of hydrogen-bond acceptors (Lipinski definition) is 3. The Morgan fingerprint density at radius 3 is 2.84 bits per heavy atom. The van der Waals surface area contributed by atoms with Gasteiger partial charge in [0.1, 0.15) is 6.04 Å². The van der Waals surface area contributed by atoms with Crippen molar-refractivity contribution in [3.8, 4) is 0 Å². The number of nitrogens with zero attached hydrogens (tertiary/aromatic N) is 3. The molecule has 102 valence electrons. The minimum absolute atomic E-state index is 0.0286. The topological polar surface area (TPSA) is 67.2 Å². The monoisotopic (exact) mass is 262 g/mol. The Morgan fingerprint density at radius 1 is 1.32 bits per heavy atom. The second-order valence-electron chi connectivity index (χ2n) is 5.30. The molecule has 0 aromatic carbocycles. The molecule has 1 aromatic heterocycles. The predicted molar refractivity (Wildman–Crippen MR) is 68.1 cm³/mol. The van der Waals surface area contributed by atoms with Crippen LogP contribution in [0.5, 0.6) is 0 Å². The zero-order valence-electron chi connectivity index (χ0n) is 10.8. The summed E-state index contributed by atoms with van der Waals surface area (Å²) in [6, 6.07) is -0.269. The highest BCUT2D eigenvalue weighted by Crippen LogP contribution is 2.34. The maximum absolute atomic E-state index is 12.2. The molecule has 1 saturated carbocycles. The molecule has 2 amide bonds. The van der Waals surface area contributed by atoms with Crippen molar-refractivity contribution in [1.29, 1.82) is 0 Å². The van der Waals surface area contributed by atoms with Gasteiger partial charge in [0, 0.05) is 25.5 Å². The van der Waals surface area contributed by atoms with Gasteiger partial charge < -0.3 is 14.8 Å². The third-order valence-corrected chi connectivity index (χ3v) is 3.73. The summed E-state index contributed by atoms with van der Waals surface area (Å²) in [5.74, 6) is 0.430. The highest BCUT2D eigenvalue weighted by molar-refractivity contribution is 5.95. The summed E-state index contributed by atoms with van der Waals surface area (Å²) in [7, 11) is 0. The molecule has 1 N–H and O–H groups in total. The Labute approximate surface area is 111 Å². The average molecular weight is 262 g/mol. The minimum Gasteiger partial charge on any atom is -0.342 e. The molecule has 6 nitrogen and oxygen atoms in total. The van der Waals surface area contributed by atoms with Crippen molar-refractivity contribution in [1.82, 2.24) is 19.8 Å². The summed E-state index contributed by atoms with van der Waals surface area (Å²) in [5.41, 5.74) is 0. The van der Waals surface area contributed by atoms with E-state index in [1.807, 2.05) is 10.8 Å². The van der Waals surface area contributed by atoms with E-state index < -0.39 is 0 Å². The van der Waals surface area contributed by atoms with Crippen molar-refractivity contribution >= 4 is 11.8 Å². The number of hydrogen-bond donors (Lipinski definition) is 1. The first-order chi connectivity index (χ1) is 9.24. The zero-order chi connectivity index (χ0) is 13.2. The fourth-order valence-corrected chi connectivity index (χ4v) is 2.53. The summed E-state index contributed by atoms with van der Waals surface area (Å²) in [4.78, 5) is 29.5. The lowest BCUT2D eigenvalue weighted by molar-refractivity contribution is -0.144. The molecular weight excluding hydrogens is 244 g/mol. The van der Waals surface area contributed by atoms with E-state index in [0.717, 1.165) is 25.8 Å². The van der Waals surface area contributed by atoms with Crippen LogP contribution < -0.4 is 5.32 Å². The van der Waals surface area contributed by atoms with E-state index in [1.54, 1.807) is 17.4 Å². The number of aromatic nitrogens is 2. The highest BCUT2D eigenvalue weighted by atomic mass is 16.2. The Morgan fingerprint density at radius 2 is 2.16 bits per heavy atom. The number of amides is 2. The smallest absolute Gasteiger partial charge is 0.245 e. The number of rotatable bonds is 5. The molecule has 2 heterocycles. The van der Waals surface area contributed by atoms with E-state index in [-0.39, 0.29) is 24.4 Å². The Kier molecular flexibility index (Phi) is 3.23. The first-order valence-corrected chi connectivity index (χ1v) is 6.78. The summed E-state index contributed by atoms with van der Waals surface area (Å²) in [6.07, 6.45) is 8.35. The Hall–Kier alpha value is -1.85. The number of aryl methyl sites for hydroxylation is 1. The molecule has 6 heteroatoms. The molecule has 19 heavy (non-hydrogen) atoms. The first kappa shape index (κ1) is 12.2. The first-order valence-electron chi connectivity index (χ1n) is 6.78. The number of nitrogens with one attached hydrogen (secondary N) is 1. The molecule has 1 aliphatic heterocycles. The number of piperazine rings is 1. The van der Waals surface area contributed by atoms with Gasteiger partial charge in [-0.1, -0.05) is 0 Å². The Balaban J connectivity index is 1.53. The molecule has 1 atom stereocenters. The van der Waals surface area contributed by atoms with Gasteiger partial charge >= 0.3 is 0 Å².